The SMILES string of the molecule is Nc1ccc2c(c1)c(-c1ccccc1)[n+](CCCCCCc1cn(CCNc3c4ccccc4nc4ccccc34)nn1)c1cc(N)ccc21. The van der Waals surface area contributed by atoms with Crippen molar-refractivity contribution in [2.24, 2.45) is 0 Å². The van der Waals surface area contributed by atoms with Gasteiger partial charge < -0.3 is 16.8 Å². The van der Waals surface area contributed by atoms with Gasteiger partial charge in [0.15, 0.2) is 0 Å². The lowest BCUT2D eigenvalue weighted by Gasteiger charge is -2.13. The molecule has 8 aromatic rings. The quantitative estimate of drug-likeness (QED) is 0.0401. The highest BCUT2D eigenvalue weighted by molar-refractivity contribution is 6.10. The molecule has 0 unspecified atom stereocenters. The molecule has 248 valence electrons. The Kier molecular flexibility index (Phi) is 8.65. The normalized spacial score (nSPS) is 11.6. The summed E-state index contributed by atoms with van der Waals surface area (Å²) in [6, 6.07) is 39.7. The second-order valence-electron chi connectivity index (χ2n) is 13.0. The summed E-state index contributed by atoms with van der Waals surface area (Å²) in [6.07, 6.45) is 7.38. The van der Waals surface area contributed by atoms with Crippen molar-refractivity contribution < 1.29 is 4.57 Å². The zero-order chi connectivity index (χ0) is 33.9. The van der Waals surface area contributed by atoms with Gasteiger partial charge in [-0.15, -0.1) is 5.10 Å². The Hall–Kier alpha value is -6.02. The van der Waals surface area contributed by atoms with Crippen LogP contribution < -0.4 is 21.4 Å². The first-order chi connectivity index (χ1) is 24.6. The number of fused-ring (bicyclic) bond motifs is 5. The van der Waals surface area contributed by atoms with Crippen LogP contribution in [0.2, 0.25) is 0 Å². The predicted octanol–water partition coefficient (Wildman–Crippen LogP) is 8.32. The van der Waals surface area contributed by atoms with Gasteiger partial charge in [-0.3, -0.25) is 4.68 Å². The van der Waals surface area contributed by atoms with E-state index in [-0.39, 0.29) is 0 Å². The van der Waals surface area contributed by atoms with Gasteiger partial charge in [0.2, 0.25) is 11.2 Å². The fourth-order valence-corrected chi connectivity index (χ4v) is 7.22. The molecular formula is C42H41N8+. The smallest absolute Gasteiger partial charge is 0.220 e. The number of nitrogens with two attached hydrogens (primary N) is 2. The molecule has 0 atom stereocenters. The van der Waals surface area contributed by atoms with Crippen molar-refractivity contribution in [3.8, 4) is 11.3 Å². The zero-order valence-corrected chi connectivity index (χ0v) is 28.1. The third-order valence-electron chi connectivity index (χ3n) is 9.60. The molecule has 5 aromatic carbocycles. The van der Waals surface area contributed by atoms with Crippen LogP contribution in [0, 0.1) is 0 Å². The summed E-state index contributed by atoms with van der Waals surface area (Å²) in [6.45, 7) is 2.36. The van der Waals surface area contributed by atoms with Crippen LogP contribution in [0.5, 0.6) is 0 Å². The molecule has 3 aromatic heterocycles. The first-order valence-electron chi connectivity index (χ1n) is 17.5. The molecule has 0 aliphatic rings. The first-order valence-corrected chi connectivity index (χ1v) is 17.5. The molecule has 0 aliphatic carbocycles. The molecule has 0 spiro atoms. The number of para-hydroxylation sites is 2. The lowest BCUT2D eigenvalue weighted by molar-refractivity contribution is -0.659. The Morgan fingerprint density at radius 2 is 1.32 bits per heavy atom. The highest BCUT2D eigenvalue weighted by atomic mass is 15.4. The summed E-state index contributed by atoms with van der Waals surface area (Å²) >= 11 is 0. The van der Waals surface area contributed by atoms with Gasteiger partial charge in [-0.2, -0.15) is 4.57 Å². The van der Waals surface area contributed by atoms with Crippen molar-refractivity contribution in [1.82, 2.24) is 20.0 Å². The molecule has 0 saturated heterocycles. The maximum absolute atomic E-state index is 6.34. The van der Waals surface area contributed by atoms with Crippen LogP contribution in [-0.2, 0) is 19.5 Å². The van der Waals surface area contributed by atoms with Crippen LogP contribution in [0.1, 0.15) is 31.4 Å². The topological polar surface area (TPSA) is 112 Å². The second-order valence-corrected chi connectivity index (χ2v) is 13.0. The number of anilines is 3. The van der Waals surface area contributed by atoms with Gasteiger partial charge >= 0.3 is 0 Å². The fourth-order valence-electron chi connectivity index (χ4n) is 7.22. The van der Waals surface area contributed by atoms with E-state index in [2.05, 4.69) is 117 Å². The number of nitrogen functional groups attached to an aromatic ring is 2. The third kappa shape index (κ3) is 6.28. The summed E-state index contributed by atoms with van der Waals surface area (Å²) in [5.41, 5.74) is 21.9. The molecule has 0 radical (unpaired) electrons. The van der Waals surface area contributed by atoms with Gasteiger partial charge in [0.1, 0.15) is 6.54 Å². The number of aromatic nitrogens is 5. The van der Waals surface area contributed by atoms with Crippen LogP contribution in [0.4, 0.5) is 17.1 Å². The van der Waals surface area contributed by atoms with Gasteiger partial charge in [0.05, 0.1) is 39.7 Å². The van der Waals surface area contributed by atoms with E-state index in [9.17, 15) is 0 Å². The minimum absolute atomic E-state index is 0.731. The Bertz CT molecular complexity index is 2400. The van der Waals surface area contributed by atoms with E-state index in [0.29, 0.717) is 0 Å². The summed E-state index contributed by atoms with van der Waals surface area (Å²) < 4.78 is 4.39. The molecule has 8 nitrogen and oxygen atoms in total. The number of nitrogens with zero attached hydrogens (tertiary/aromatic N) is 5. The van der Waals surface area contributed by atoms with Crippen molar-refractivity contribution >= 4 is 60.5 Å². The van der Waals surface area contributed by atoms with E-state index in [4.69, 9.17) is 16.5 Å². The zero-order valence-electron chi connectivity index (χ0n) is 28.1. The van der Waals surface area contributed by atoms with Crippen LogP contribution in [0.3, 0.4) is 0 Å². The largest absolute Gasteiger partial charge is 0.399 e. The van der Waals surface area contributed by atoms with Crippen LogP contribution in [-0.4, -0.2) is 26.5 Å². The predicted molar refractivity (Wildman–Crippen MR) is 206 cm³/mol. The molecule has 0 amide bonds. The second kappa shape index (κ2) is 13.8. The molecular weight excluding hydrogens is 617 g/mol. The number of pyridine rings is 2. The lowest BCUT2D eigenvalue weighted by Crippen LogP contribution is -2.37. The summed E-state index contributed by atoms with van der Waals surface area (Å²) in [4.78, 5) is 4.84. The number of aryl methyl sites for hydroxylation is 2. The van der Waals surface area contributed by atoms with Crippen LogP contribution >= 0.6 is 0 Å². The van der Waals surface area contributed by atoms with Gasteiger partial charge in [-0.1, -0.05) is 72.3 Å². The standard InChI is InChI=1S/C42H40N8/c43-30-19-21-33-34-22-20-31(44)27-40(34)50(42(37(33)26-30)29-12-4-3-5-13-29)24-11-2-1-6-14-32-28-49(48-47-32)25-23-45-41-35-15-7-9-17-38(35)46-39-18-10-8-16-36(39)41/h3-5,7-10,12-13,15-22,26-28,44H,1-2,6,11,14,23-25,43H2,(H,45,46)/p+1. The number of unbranched alkanes of at least 4 members (excludes halogenated alkanes) is 3. The number of nitrogens with one attached hydrogen (secondary N) is 1. The van der Waals surface area contributed by atoms with Crippen molar-refractivity contribution in [3.05, 3.63) is 127 Å². The van der Waals surface area contributed by atoms with Gasteiger partial charge in [0, 0.05) is 58.3 Å². The van der Waals surface area contributed by atoms with Crippen molar-refractivity contribution in [3.63, 3.8) is 0 Å². The van der Waals surface area contributed by atoms with Crippen molar-refractivity contribution in [2.45, 2.75) is 45.2 Å². The summed E-state index contributed by atoms with van der Waals surface area (Å²) in [5, 5.41) is 18.4. The van der Waals surface area contributed by atoms with E-state index >= 15 is 0 Å². The highest BCUT2D eigenvalue weighted by Gasteiger charge is 2.23. The van der Waals surface area contributed by atoms with Gasteiger partial charge in [-0.05, 0) is 67.8 Å². The monoisotopic (exact) mass is 657 g/mol. The van der Waals surface area contributed by atoms with Gasteiger partial charge in [-0.25, -0.2) is 4.98 Å². The third-order valence-corrected chi connectivity index (χ3v) is 9.60. The van der Waals surface area contributed by atoms with Gasteiger partial charge in [0.25, 0.3) is 0 Å². The van der Waals surface area contributed by atoms with Crippen molar-refractivity contribution in [2.75, 3.05) is 23.3 Å². The summed E-state index contributed by atoms with van der Waals surface area (Å²) in [7, 11) is 0. The molecule has 0 aliphatic heterocycles. The Balaban J connectivity index is 0.903. The van der Waals surface area contributed by atoms with E-state index in [1.165, 1.54) is 22.0 Å². The van der Waals surface area contributed by atoms with E-state index in [1.54, 1.807) is 0 Å². The molecule has 3 heterocycles. The maximum Gasteiger partial charge on any atom is 0.220 e. The molecule has 0 bridgehead atoms. The number of hydrogen-bond acceptors (Lipinski definition) is 6. The average Bonchev–Trinajstić information content (AvgIpc) is 3.60. The molecule has 5 N–H and O–H groups in total. The van der Waals surface area contributed by atoms with Crippen LogP contribution in [0.25, 0.3) is 54.7 Å². The average molecular weight is 658 g/mol. The van der Waals surface area contributed by atoms with Crippen LogP contribution in [0.15, 0.2) is 121 Å². The molecule has 8 heteroatoms. The fraction of sp³-hybridized carbons (Fsp3) is 0.190. The van der Waals surface area contributed by atoms with E-state index < -0.39 is 0 Å². The minimum atomic E-state index is 0.731. The molecule has 0 saturated carbocycles. The minimum Gasteiger partial charge on any atom is -0.399 e. The molecule has 0 fully saturated rings. The lowest BCUT2D eigenvalue weighted by atomic mass is 9.98. The highest BCUT2D eigenvalue weighted by Crippen LogP contribution is 2.34. The summed E-state index contributed by atoms with van der Waals surface area (Å²) in [5.74, 6) is 0. The molecule has 8 rings (SSSR count). The maximum atomic E-state index is 6.34. The number of benzene rings is 5. The number of rotatable bonds is 12. The Labute approximate surface area is 291 Å². The van der Waals surface area contributed by atoms with Crippen molar-refractivity contribution in [1.29, 1.82) is 0 Å². The Morgan fingerprint density at radius 3 is 2.10 bits per heavy atom. The number of hydrogen-bond donors (Lipinski definition) is 3. The van der Waals surface area contributed by atoms with E-state index in [1.807, 2.05) is 28.9 Å². The van der Waals surface area contributed by atoms with E-state index in [0.717, 1.165) is 107 Å². The Morgan fingerprint density at radius 1 is 0.640 bits per heavy atom. The molecule has 50 heavy (non-hydrogen) atoms. The first kappa shape index (κ1) is 31.3.